The topological polar surface area (TPSA) is 28.7 Å². The second-order valence-corrected chi connectivity index (χ2v) is 5.64. The zero-order valence-corrected chi connectivity index (χ0v) is 11.7. The molecule has 1 aliphatic carbocycles. The Morgan fingerprint density at radius 3 is 2.47 bits per heavy atom. The zero-order chi connectivity index (χ0) is 13.6. The summed E-state index contributed by atoms with van der Waals surface area (Å²) in [6.07, 6.45) is 1.97. The third kappa shape index (κ3) is 1.55. The summed E-state index contributed by atoms with van der Waals surface area (Å²) >= 11 is 0. The van der Waals surface area contributed by atoms with Gasteiger partial charge in [0, 0.05) is 17.1 Å². The molecule has 1 aromatic carbocycles. The van der Waals surface area contributed by atoms with Crippen molar-refractivity contribution in [1.29, 1.82) is 5.26 Å². The molecule has 1 heterocycles. The first-order valence-corrected chi connectivity index (χ1v) is 6.76. The maximum atomic E-state index is 9.51. The van der Waals surface area contributed by atoms with E-state index in [0.29, 0.717) is 0 Å². The van der Waals surface area contributed by atoms with Gasteiger partial charge in [-0.1, -0.05) is 18.2 Å². The molecule has 2 nitrogen and oxygen atoms in total. The van der Waals surface area contributed by atoms with Crippen LogP contribution in [0.2, 0.25) is 0 Å². The Bertz CT molecular complexity index is 674. The van der Waals surface area contributed by atoms with Crippen LogP contribution >= 0.6 is 0 Å². The second kappa shape index (κ2) is 3.99. The van der Waals surface area contributed by atoms with E-state index in [-0.39, 0.29) is 5.41 Å². The number of fused-ring (bicyclic) bond motifs is 1. The van der Waals surface area contributed by atoms with Crippen LogP contribution in [0.25, 0.3) is 5.69 Å². The van der Waals surface area contributed by atoms with Gasteiger partial charge in [0.15, 0.2) is 0 Å². The minimum atomic E-state index is -0.315. The van der Waals surface area contributed by atoms with Crippen molar-refractivity contribution >= 4 is 0 Å². The Labute approximate surface area is 114 Å². The summed E-state index contributed by atoms with van der Waals surface area (Å²) in [5.41, 5.74) is 6.02. The summed E-state index contributed by atoms with van der Waals surface area (Å²) in [5, 5.41) is 9.51. The Morgan fingerprint density at radius 2 is 1.84 bits per heavy atom. The van der Waals surface area contributed by atoms with Crippen molar-refractivity contribution < 1.29 is 0 Å². The summed E-state index contributed by atoms with van der Waals surface area (Å²) in [6.45, 7) is 6.38. The van der Waals surface area contributed by atoms with Gasteiger partial charge in [0.2, 0.25) is 0 Å². The Morgan fingerprint density at radius 1 is 1.16 bits per heavy atom. The molecule has 1 unspecified atom stereocenters. The molecule has 0 N–H and O–H groups in total. The maximum Gasteiger partial charge on any atom is 0.0817 e. The molecule has 0 spiro atoms. The molecule has 1 aliphatic rings. The molecule has 0 aliphatic heterocycles. The smallest absolute Gasteiger partial charge is 0.0817 e. The average molecular weight is 250 g/mol. The van der Waals surface area contributed by atoms with E-state index < -0.39 is 0 Å². The molecule has 3 rings (SSSR count). The Balaban J connectivity index is 2.27. The fourth-order valence-corrected chi connectivity index (χ4v) is 3.51. The zero-order valence-electron chi connectivity index (χ0n) is 11.7. The van der Waals surface area contributed by atoms with Crippen molar-refractivity contribution in [2.45, 2.75) is 39.0 Å². The number of nitriles is 1. The number of para-hydroxylation sites is 1. The van der Waals surface area contributed by atoms with Gasteiger partial charge in [-0.15, -0.1) is 0 Å². The molecule has 1 atom stereocenters. The number of hydrogen-bond donors (Lipinski definition) is 0. The quantitative estimate of drug-likeness (QED) is 0.756. The molecule has 0 saturated heterocycles. The lowest BCUT2D eigenvalue weighted by molar-refractivity contribution is 0.594. The van der Waals surface area contributed by atoms with Crippen LogP contribution in [0.3, 0.4) is 0 Å². The molecule has 0 fully saturated rings. The highest BCUT2D eigenvalue weighted by Crippen LogP contribution is 2.43. The highest BCUT2D eigenvalue weighted by molar-refractivity contribution is 5.54. The van der Waals surface area contributed by atoms with E-state index in [1.54, 1.807) is 0 Å². The fourth-order valence-electron chi connectivity index (χ4n) is 3.51. The minimum absolute atomic E-state index is 0.315. The van der Waals surface area contributed by atoms with E-state index in [0.717, 1.165) is 12.8 Å². The van der Waals surface area contributed by atoms with Crippen LogP contribution in [-0.2, 0) is 11.8 Å². The summed E-state index contributed by atoms with van der Waals surface area (Å²) in [7, 11) is 0. The lowest BCUT2D eigenvalue weighted by Gasteiger charge is -2.17. The number of rotatable bonds is 1. The lowest BCUT2D eigenvalue weighted by Crippen LogP contribution is -2.16. The normalized spacial score (nSPS) is 21.2. The van der Waals surface area contributed by atoms with Crippen LogP contribution in [0.4, 0.5) is 0 Å². The number of nitrogens with zero attached hydrogens (tertiary/aromatic N) is 2. The first-order valence-electron chi connectivity index (χ1n) is 6.76. The summed E-state index contributed by atoms with van der Waals surface area (Å²) in [6, 6.07) is 12.9. The van der Waals surface area contributed by atoms with Crippen LogP contribution in [-0.4, -0.2) is 4.57 Å². The third-order valence-electron chi connectivity index (χ3n) is 4.46. The molecule has 2 aromatic rings. The van der Waals surface area contributed by atoms with Crippen LogP contribution in [0, 0.1) is 25.2 Å². The predicted octanol–water partition coefficient (Wildman–Crippen LogP) is 3.82. The van der Waals surface area contributed by atoms with Crippen molar-refractivity contribution in [3.63, 3.8) is 0 Å². The molecule has 2 heteroatoms. The Hall–Kier alpha value is -2.01. The molecule has 0 saturated carbocycles. The average Bonchev–Trinajstić information content (AvgIpc) is 2.90. The molecule has 96 valence electrons. The van der Waals surface area contributed by atoms with Gasteiger partial charge in [-0.25, -0.2) is 0 Å². The predicted molar refractivity (Wildman–Crippen MR) is 76.5 cm³/mol. The second-order valence-electron chi connectivity index (χ2n) is 5.64. The summed E-state index contributed by atoms with van der Waals surface area (Å²) in [4.78, 5) is 0. The maximum absolute atomic E-state index is 9.51. The lowest BCUT2D eigenvalue weighted by atomic mass is 9.85. The third-order valence-corrected chi connectivity index (χ3v) is 4.46. The molecule has 0 radical (unpaired) electrons. The standard InChI is InChI=1S/C17H18N2/c1-12-15-9-10-17(3,11-18)16(15)13(2)19(12)14-7-5-4-6-8-14/h4-8H,9-10H2,1-3H3. The van der Waals surface area contributed by atoms with Crippen molar-refractivity contribution in [1.82, 2.24) is 4.57 Å². The van der Waals surface area contributed by atoms with Gasteiger partial charge in [0.25, 0.3) is 0 Å². The highest BCUT2D eigenvalue weighted by Gasteiger charge is 2.39. The van der Waals surface area contributed by atoms with E-state index in [9.17, 15) is 5.26 Å². The molecule has 19 heavy (non-hydrogen) atoms. The first-order chi connectivity index (χ1) is 9.08. The van der Waals surface area contributed by atoms with Gasteiger partial charge in [-0.05, 0) is 56.9 Å². The first kappa shape index (κ1) is 12.0. The van der Waals surface area contributed by atoms with E-state index in [1.807, 2.05) is 6.07 Å². The van der Waals surface area contributed by atoms with Crippen molar-refractivity contribution in [3.8, 4) is 11.8 Å². The van der Waals surface area contributed by atoms with Crippen LogP contribution in [0.1, 0.15) is 35.9 Å². The number of aromatic nitrogens is 1. The number of benzene rings is 1. The summed E-state index contributed by atoms with van der Waals surface area (Å²) in [5.74, 6) is 0. The largest absolute Gasteiger partial charge is 0.318 e. The van der Waals surface area contributed by atoms with Crippen molar-refractivity contribution in [2.24, 2.45) is 0 Å². The van der Waals surface area contributed by atoms with Gasteiger partial charge < -0.3 is 4.57 Å². The van der Waals surface area contributed by atoms with Crippen LogP contribution < -0.4 is 0 Å². The molecule has 0 amide bonds. The van der Waals surface area contributed by atoms with Gasteiger partial charge in [-0.3, -0.25) is 0 Å². The minimum Gasteiger partial charge on any atom is -0.318 e. The van der Waals surface area contributed by atoms with Gasteiger partial charge >= 0.3 is 0 Å². The van der Waals surface area contributed by atoms with Crippen LogP contribution in [0.5, 0.6) is 0 Å². The fraction of sp³-hybridized carbons (Fsp3) is 0.353. The van der Waals surface area contributed by atoms with Gasteiger partial charge in [0.05, 0.1) is 11.5 Å². The monoisotopic (exact) mass is 250 g/mol. The van der Waals surface area contributed by atoms with Crippen molar-refractivity contribution in [3.05, 3.63) is 52.8 Å². The highest BCUT2D eigenvalue weighted by atomic mass is 15.0. The summed E-state index contributed by atoms with van der Waals surface area (Å²) < 4.78 is 2.29. The molecular weight excluding hydrogens is 232 g/mol. The van der Waals surface area contributed by atoms with E-state index in [2.05, 4.69) is 55.7 Å². The number of hydrogen-bond acceptors (Lipinski definition) is 1. The van der Waals surface area contributed by atoms with Gasteiger partial charge in [0.1, 0.15) is 0 Å². The molecular formula is C17H18N2. The van der Waals surface area contributed by atoms with E-state index in [4.69, 9.17) is 0 Å². The van der Waals surface area contributed by atoms with Crippen molar-refractivity contribution in [2.75, 3.05) is 0 Å². The Kier molecular flexibility index (Phi) is 2.53. The van der Waals surface area contributed by atoms with E-state index in [1.165, 1.54) is 28.2 Å². The van der Waals surface area contributed by atoms with E-state index >= 15 is 0 Å². The molecule has 1 aromatic heterocycles. The van der Waals surface area contributed by atoms with Crippen LogP contribution in [0.15, 0.2) is 30.3 Å². The molecule has 0 bridgehead atoms. The SMILES string of the molecule is Cc1c2c(c(C)n1-c1ccccc1)C(C)(C#N)CC2. The van der Waals surface area contributed by atoms with Gasteiger partial charge in [-0.2, -0.15) is 5.26 Å².